The molecule has 1 aromatic carbocycles. The van der Waals surface area contributed by atoms with Gasteiger partial charge < -0.3 is 15.0 Å². The van der Waals surface area contributed by atoms with Gasteiger partial charge in [-0.1, -0.05) is 30.3 Å². The van der Waals surface area contributed by atoms with Crippen LogP contribution in [0.25, 0.3) is 5.65 Å². The van der Waals surface area contributed by atoms with Crippen LogP contribution in [0.4, 0.5) is 11.6 Å². The van der Waals surface area contributed by atoms with Crippen LogP contribution < -0.4 is 10.6 Å². The molecule has 2 unspecified atom stereocenters. The van der Waals surface area contributed by atoms with Gasteiger partial charge in [0.05, 0.1) is 6.20 Å². The Morgan fingerprint density at radius 2 is 2.10 bits per heavy atom. The predicted octanol–water partition coefficient (Wildman–Crippen LogP) is 2.74. The van der Waals surface area contributed by atoms with E-state index in [1.165, 1.54) is 5.56 Å². The van der Waals surface area contributed by atoms with E-state index in [9.17, 15) is 0 Å². The van der Waals surface area contributed by atoms with Crippen molar-refractivity contribution in [1.29, 1.82) is 0 Å². The lowest BCUT2D eigenvalue weighted by Gasteiger charge is -2.09. The maximum absolute atomic E-state index is 4.59. The maximum atomic E-state index is 4.59. The quantitative estimate of drug-likeness (QED) is 0.771. The Kier molecular flexibility index (Phi) is 2.77. The van der Waals surface area contributed by atoms with Gasteiger partial charge >= 0.3 is 0 Å². The van der Waals surface area contributed by atoms with Gasteiger partial charge in [0.2, 0.25) is 0 Å². The van der Waals surface area contributed by atoms with Crippen molar-refractivity contribution < 1.29 is 0 Å². The highest BCUT2D eigenvalue weighted by Crippen LogP contribution is 2.42. The number of rotatable bonds is 4. The zero-order chi connectivity index (χ0) is 14.2. The second kappa shape index (κ2) is 4.77. The van der Waals surface area contributed by atoms with Gasteiger partial charge in [-0.2, -0.15) is 0 Å². The summed E-state index contributed by atoms with van der Waals surface area (Å²) in [6.45, 7) is 0. The minimum Gasteiger partial charge on any atom is -0.372 e. The fraction of sp³-hybridized carbons (Fsp3) is 0.250. The fourth-order valence-electron chi connectivity index (χ4n) is 2.75. The van der Waals surface area contributed by atoms with Gasteiger partial charge in [0.1, 0.15) is 5.82 Å². The van der Waals surface area contributed by atoms with E-state index < -0.39 is 0 Å². The summed E-state index contributed by atoms with van der Waals surface area (Å²) in [5.74, 6) is 2.25. The molecule has 0 saturated heterocycles. The molecule has 4 rings (SSSR count). The topological polar surface area (TPSA) is 54.2 Å². The minimum absolute atomic E-state index is 0.438. The van der Waals surface area contributed by atoms with Crippen LogP contribution in [0.3, 0.4) is 0 Å². The summed E-state index contributed by atoms with van der Waals surface area (Å²) in [6.07, 6.45) is 6.81. The lowest BCUT2D eigenvalue weighted by molar-refractivity contribution is 1.02. The zero-order valence-electron chi connectivity index (χ0n) is 11.8. The Bertz CT molecular complexity index is 765. The average molecular weight is 279 g/mol. The Morgan fingerprint density at radius 1 is 1.24 bits per heavy atom. The van der Waals surface area contributed by atoms with Gasteiger partial charge in [-0.15, -0.1) is 0 Å². The van der Waals surface area contributed by atoms with Crippen molar-refractivity contribution in [3.63, 3.8) is 0 Å². The van der Waals surface area contributed by atoms with Gasteiger partial charge in [-0.25, -0.2) is 9.97 Å². The van der Waals surface area contributed by atoms with E-state index >= 15 is 0 Å². The van der Waals surface area contributed by atoms with Crippen molar-refractivity contribution in [2.24, 2.45) is 0 Å². The molecule has 1 aliphatic rings. The van der Waals surface area contributed by atoms with E-state index in [2.05, 4.69) is 50.9 Å². The third-order valence-corrected chi connectivity index (χ3v) is 3.97. The van der Waals surface area contributed by atoms with E-state index in [-0.39, 0.29) is 0 Å². The molecule has 0 spiro atoms. The monoisotopic (exact) mass is 279 g/mol. The summed E-state index contributed by atoms with van der Waals surface area (Å²) < 4.78 is 1.99. The third-order valence-electron chi connectivity index (χ3n) is 3.97. The lowest BCUT2D eigenvalue weighted by Crippen LogP contribution is -2.09. The minimum atomic E-state index is 0.438. The molecule has 1 saturated carbocycles. The van der Waals surface area contributed by atoms with E-state index in [0.29, 0.717) is 12.0 Å². The highest BCUT2D eigenvalue weighted by Gasteiger charge is 2.38. The van der Waals surface area contributed by atoms with Crippen LogP contribution in [0.2, 0.25) is 0 Å². The van der Waals surface area contributed by atoms with Crippen molar-refractivity contribution in [1.82, 2.24) is 14.4 Å². The van der Waals surface area contributed by atoms with Crippen molar-refractivity contribution in [2.75, 3.05) is 17.7 Å². The fourth-order valence-corrected chi connectivity index (χ4v) is 2.75. The molecular weight excluding hydrogens is 262 g/mol. The highest BCUT2D eigenvalue weighted by molar-refractivity contribution is 5.66. The Labute approximate surface area is 123 Å². The SMILES string of the molecule is CNc1cn2ccnc2c(NC2CC2c2ccccc2)n1. The standard InChI is InChI=1S/C16H17N5/c1-17-14-10-21-8-7-18-16(21)15(20-14)19-13-9-12(13)11-5-3-2-4-6-11/h2-8,10,12-13,17H,9H2,1H3,(H,19,20). The summed E-state index contributed by atoms with van der Waals surface area (Å²) in [7, 11) is 1.87. The molecule has 2 heterocycles. The van der Waals surface area contributed by atoms with E-state index in [1.807, 2.05) is 23.8 Å². The molecule has 5 heteroatoms. The van der Waals surface area contributed by atoms with Gasteiger partial charge in [0.15, 0.2) is 11.5 Å². The largest absolute Gasteiger partial charge is 0.372 e. The van der Waals surface area contributed by atoms with Crippen LogP contribution in [-0.2, 0) is 0 Å². The smallest absolute Gasteiger partial charge is 0.180 e. The van der Waals surface area contributed by atoms with Crippen LogP contribution >= 0.6 is 0 Å². The summed E-state index contributed by atoms with van der Waals surface area (Å²) in [4.78, 5) is 8.98. The number of hydrogen-bond acceptors (Lipinski definition) is 4. The molecule has 0 radical (unpaired) electrons. The molecule has 5 nitrogen and oxygen atoms in total. The van der Waals surface area contributed by atoms with Crippen LogP contribution in [0.5, 0.6) is 0 Å². The second-order valence-corrected chi connectivity index (χ2v) is 5.39. The molecule has 1 fully saturated rings. The molecule has 0 bridgehead atoms. The first-order valence-electron chi connectivity index (χ1n) is 7.18. The normalized spacial score (nSPS) is 20.4. The number of hydrogen-bond donors (Lipinski definition) is 2. The molecule has 0 aliphatic heterocycles. The molecule has 2 atom stereocenters. The second-order valence-electron chi connectivity index (χ2n) is 5.39. The Hall–Kier alpha value is -2.56. The third kappa shape index (κ3) is 2.20. The van der Waals surface area contributed by atoms with Crippen molar-refractivity contribution >= 4 is 17.3 Å². The van der Waals surface area contributed by atoms with Gasteiger partial charge in [0.25, 0.3) is 0 Å². The maximum Gasteiger partial charge on any atom is 0.180 e. The molecule has 1 aliphatic carbocycles. The predicted molar refractivity (Wildman–Crippen MR) is 83.7 cm³/mol. The summed E-state index contributed by atoms with van der Waals surface area (Å²) in [5.41, 5.74) is 2.26. The number of aromatic nitrogens is 3. The first kappa shape index (κ1) is 12.2. The zero-order valence-corrected chi connectivity index (χ0v) is 11.8. The van der Waals surface area contributed by atoms with Gasteiger partial charge in [-0.05, 0) is 12.0 Å². The molecule has 2 aromatic heterocycles. The molecule has 3 aromatic rings. The van der Waals surface area contributed by atoms with Crippen LogP contribution in [-0.4, -0.2) is 27.5 Å². The number of imidazole rings is 1. The Balaban J connectivity index is 1.60. The molecule has 0 amide bonds. The van der Waals surface area contributed by atoms with Crippen LogP contribution in [0.1, 0.15) is 17.9 Å². The molecule has 106 valence electrons. The molecule has 21 heavy (non-hydrogen) atoms. The number of fused-ring (bicyclic) bond motifs is 1. The number of benzene rings is 1. The molecule has 2 N–H and O–H groups in total. The number of nitrogens with one attached hydrogen (secondary N) is 2. The summed E-state index contributed by atoms with van der Waals surface area (Å²) >= 11 is 0. The number of anilines is 2. The Morgan fingerprint density at radius 3 is 2.90 bits per heavy atom. The summed E-state index contributed by atoms with van der Waals surface area (Å²) in [6, 6.07) is 11.1. The van der Waals surface area contributed by atoms with Crippen molar-refractivity contribution in [3.8, 4) is 0 Å². The highest BCUT2D eigenvalue weighted by atomic mass is 15.2. The lowest BCUT2D eigenvalue weighted by atomic mass is 10.1. The summed E-state index contributed by atoms with van der Waals surface area (Å²) in [5, 5.41) is 6.62. The van der Waals surface area contributed by atoms with E-state index in [1.54, 1.807) is 6.20 Å². The van der Waals surface area contributed by atoms with Gasteiger partial charge in [-0.3, -0.25) is 0 Å². The number of nitrogens with zero attached hydrogens (tertiary/aromatic N) is 3. The van der Waals surface area contributed by atoms with Crippen molar-refractivity contribution in [2.45, 2.75) is 18.4 Å². The average Bonchev–Trinajstić information content (AvgIpc) is 3.12. The first-order valence-corrected chi connectivity index (χ1v) is 7.18. The van der Waals surface area contributed by atoms with Crippen LogP contribution in [0.15, 0.2) is 48.9 Å². The van der Waals surface area contributed by atoms with Crippen LogP contribution in [0, 0.1) is 0 Å². The van der Waals surface area contributed by atoms with E-state index in [0.717, 1.165) is 23.7 Å². The van der Waals surface area contributed by atoms with Crippen molar-refractivity contribution in [3.05, 3.63) is 54.5 Å². The molecular formula is C16H17N5. The van der Waals surface area contributed by atoms with E-state index in [4.69, 9.17) is 0 Å². The van der Waals surface area contributed by atoms with Gasteiger partial charge in [0, 0.05) is 31.4 Å². The first-order chi connectivity index (χ1) is 10.3.